The summed E-state index contributed by atoms with van der Waals surface area (Å²) in [5, 5.41) is 4.60. The molecule has 0 N–H and O–H groups in total. The summed E-state index contributed by atoms with van der Waals surface area (Å²) in [7, 11) is 3.23. The fraction of sp³-hybridized carbons (Fsp3) is 0.381. The van der Waals surface area contributed by atoms with Crippen molar-refractivity contribution >= 4 is 11.4 Å². The lowest BCUT2D eigenvalue weighted by Gasteiger charge is -2.29. The minimum Gasteiger partial charge on any atom is -0.493 e. The Bertz CT molecular complexity index is 1070. The van der Waals surface area contributed by atoms with Crippen molar-refractivity contribution in [3.05, 3.63) is 41.3 Å². The molecule has 0 spiro atoms. The van der Waals surface area contributed by atoms with Crippen LogP contribution in [0.1, 0.15) is 42.0 Å². The lowest BCUT2D eigenvalue weighted by atomic mass is 9.76. The van der Waals surface area contributed by atoms with Crippen LogP contribution >= 0.6 is 0 Å². The van der Waals surface area contributed by atoms with Crippen LogP contribution in [-0.4, -0.2) is 34.6 Å². The summed E-state index contributed by atoms with van der Waals surface area (Å²) in [5.41, 5.74) is 4.96. The summed E-state index contributed by atoms with van der Waals surface area (Å²) in [6.45, 7) is 6.17. The third kappa shape index (κ3) is 2.85. The van der Waals surface area contributed by atoms with Gasteiger partial charge in [0.15, 0.2) is 22.9 Å². The molecule has 6 nitrogen and oxygen atoms in total. The number of carbonyl (C=O) groups excluding carboxylic acids is 1. The summed E-state index contributed by atoms with van der Waals surface area (Å²) < 4.78 is 12.5. The Balaban J connectivity index is 1.92. The molecule has 1 aromatic carbocycles. The third-order valence-electron chi connectivity index (χ3n) is 5.12. The fourth-order valence-electron chi connectivity index (χ4n) is 3.86. The van der Waals surface area contributed by atoms with Crippen LogP contribution in [0.2, 0.25) is 0 Å². The van der Waals surface area contributed by atoms with E-state index < -0.39 is 0 Å². The van der Waals surface area contributed by atoms with Crippen LogP contribution in [-0.2, 0) is 6.42 Å². The van der Waals surface area contributed by atoms with E-state index in [2.05, 4.69) is 18.9 Å². The second-order valence-electron chi connectivity index (χ2n) is 7.84. The van der Waals surface area contributed by atoms with E-state index in [0.717, 1.165) is 34.6 Å². The molecule has 0 aliphatic heterocycles. The van der Waals surface area contributed by atoms with E-state index in [-0.39, 0.29) is 11.2 Å². The highest BCUT2D eigenvalue weighted by Crippen LogP contribution is 2.37. The van der Waals surface area contributed by atoms with E-state index in [4.69, 9.17) is 14.5 Å². The lowest BCUT2D eigenvalue weighted by molar-refractivity contribution is 0.0909. The fourth-order valence-corrected chi connectivity index (χ4v) is 3.86. The van der Waals surface area contributed by atoms with Gasteiger partial charge in [-0.1, -0.05) is 19.9 Å². The molecule has 0 amide bonds. The van der Waals surface area contributed by atoms with Crippen molar-refractivity contribution in [1.29, 1.82) is 0 Å². The number of rotatable bonds is 3. The molecule has 4 rings (SSSR count). The second kappa shape index (κ2) is 6.08. The van der Waals surface area contributed by atoms with E-state index in [1.807, 2.05) is 31.3 Å². The number of ether oxygens (including phenoxy) is 2. The van der Waals surface area contributed by atoms with Crippen LogP contribution in [0.15, 0.2) is 24.4 Å². The zero-order valence-electron chi connectivity index (χ0n) is 16.3. The van der Waals surface area contributed by atoms with Gasteiger partial charge in [-0.25, -0.2) is 9.50 Å². The average molecular weight is 365 g/mol. The third-order valence-corrected chi connectivity index (χ3v) is 5.12. The maximum atomic E-state index is 12.5. The molecule has 0 unspecified atom stereocenters. The first-order valence-electron chi connectivity index (χ1n) is 8.97. The summed E-state index contributed by atoms with van der Waals surface area (Å²) in [4.78, 5) is 17.4. The number of fused-ring (bicyclic) bond motifs is 2. The van der Waals surface area contributed by atoms with Gasteiger partial charge >= 0.3 is 0 Å². The molecular formula is C21H23N3O3. The number of methoxy groups -OCH3 is 2. The van der Waals surface area contributed by atoms with Crippen molar-refractivity contribution in [3.8, 4) is 22.6 Å². The number of Topliss-reactive ketones (excluding diaryl/α,β-unsaturated/α-hetero) is 1. The zero-order chi connectivity index (χ0) is 19.3. The molecule has 6 heteroatoms. The molecule has 0 bridgehead atoms. The summed E-state index contributed by atoms with van der Waals surface area (Å²) >= 11 is 0. The quantitative estimate of drug-likeness (QED) is 0.705. The second-order valence-corrected chi connectivity index (χ2v) is 7.84. The van der Waals surface area contributed by atoms with Crippen LogP contribution in [0.4, 0.5) is 0 Å². The predicted molar refractivity (Wildman–Crippen MR) is 103 cm³/mol. The monoisotopic (exact) mass is 365 g/mol. The minimum absolute atomic E-state index is 0.0754. The summed E-state index contributed by atoms with van der Waals surface area (Å²) in [6.07, 6.45) is 3.14. The van der Waals surface area contributed by atoms with Gasteiger partial charge in [0, 0.05) is 18.2 Å². The topological polar surface area (TPSA) is 65.7 Å². The van der Waals surface area contributed by atoms with Gasteiger partial charge in [0.1, 0.15) is 0 Å². The number of aryl methyl sites for hydroxylation is 1. The van der Waals surface area contributed by atoms with E-state index in [1.165, 1.54) is 0 Å². The Morgan fingerprint density at radius 2 is 1.85 bits per heavy atom. The van der Waals surface area contributed by atoms with Gasteiger partial charge in [-0.05, 0) is 36.5 Å². The number of carbonyl (C=O) groups is 1. The van der Waals surface area contributed by atoms with E-state index in [9.17, 15) is 4.79 Å². The molecule has 2 heterocycles. The van der Waals surface area contributed by atoms with Crippen molar-refractivity contribution in [1.82, 2.24) is 14.6 Å². The van der Waals surface area contributed by atoms with Gasteiger partial charge in [0.2, 0.25) is 0 Å². The molecule has 3 aromatic rings. The molecule has 0 radical (unpaired) electrons. The van der Waals surface area contributed by atoms with Crippen molar-refractivity contribution < 1.29 is 14.3 Å². The smallest absolute Gasteiger partial charge is 0.166 e. The Labute approximate surface area is 158 Å². The molecule has 27 heavy (non-hydrogen) atoms. The molecule has 0 fully saturated rings. The Morgan fingerprint density at radius 1 is 1.11 bits per heavy atom. The first kappa shape index (κ1) is 17.5. The zero-order valence-corrected chi connectivity index (χ0v) is 16.3. The molecule has 0 atom stereocenters. The molecule has 0 saturated heterocycles. The number of ketones is 1. The molecule has 1 aliphatic carbocycles. The van der Waals surface area contributed by atoms with Crippen LogP contribution in [0.3, 0.4) is 0 Å². The number of benzene rings is 1. The Morgan fingerprint density at radius 3 is 2.56 bits per heavy atom. The van der Waals surface area contributed by atoms with Crippen molar-refractivity contribution in [3.63, 3.8) is 0 Å². The van der Waals surface area contributed by atoms with Crippen molar-refractivity contribution in [2.45, 2.75) is 33.6 Å². The molecular weight excluding hydrogens is 342 g/mol. The first-order valence-corrected chi connectivity index (χ1v) is 8.97. The average Bonchev–Trinajstić information content (AvgIpc) is 2.93. The largest absolute Gasteiger partial charge is 0.493 e. The Hall–Kier alpha value is -2.89. The minimum atomic E-state index is -0.0754. The van der Waals surface area contributed by atoms with Gasteiger partial charge < -0.3 is 9.47 Å². The Kier molecular flexibility index (Phi) is 3.94. The van der Waals surface area contributed by atoms with E-state index >= 15 is 0 Å². The number of aromatic nitrogens is 3. The summed E-state index contributed by atoms with van der Waals surface area (Å²) in [6, 6.07) is 5.78. The van der Waals surface area contributed by atoms with Crippen molar-refractivity contribution in [2.24, 2.45) is 5.41 Å². The van der Waals surface area contributed by atoms with Gasteiger partial charge in [0.25, 0.3) is 0 Å². The number of hydrogen-bond donors (Lipinski definition) is 0. The van der Waals surface area contributed by atoms with Crippen LogP contribution < -0.4 is 9.47 Å². The highest BCUT2D eigenvalue weighted by molar-refractivity contribution is 5.99. The van der Waals surface area contributed by atoms with Gasteiger partial charge in [-0.3, -0.25) is 4.79 Å². The van der Waals surface area contributed by atoms with Crippen LogP contribution in [0.5, 0.6) is 11.5 Å². The lowest BCUT2D eigenvalue weighted by Crippen LogP contribution is -2.28. The summed E-state index contributed by atoms with van der Waals surface area (Å²) in [5.74, 6) is 1.47. The molecule has 2 aromatic heterocycles. The first-order chi connectivity index (χ1) is 12.8. The highest BCUT2D eigenvalue weighted by Gasteiger charge is 2.33. The maximum Gasteiger partial charge on any atom is 0.166 e. The predicted octanol–water partition coefficient (Wildman–Crippen LogP) is 3.88. The molecule has 1 aliphatic rings. The molecule has 0 saturated carbocycles. The maximum absolute atomic E-state index is 12.5. The van der Waals surface area contributed by atoms with E-state index in [0.29, 0.717) is 23.5 Å². The van der Waals surface area contributed by atoms with Gasteiger partial charge in [0.05, 0.1) is 31.2 Å². The van der Waals surface area contributed by atoms with Crippen LogP contribution in [0, 0.1) is 12.3 Å². The standard InChI is InChI=1S/C21H23N3O3/c1-12-19(13-6-7-17(26-4)18(8-13)27-5)20-22-15-9-21(2,3)10-16(25)14(15)11-24(20)23-12/h6-8,11H,9-10H2,1-5H3. The van der Waals surface area contributed by atoms with Gasteiger partial charge in [-0.15, -0.1) is 0 Å². The highest BCUT2D eigenvalue weighted by atomic mass is 16.5. The number of nitrogens with zero attached hydrogens (tertiary/aromatic N) is 3. The normalized spacial score (nSPS) is 15.7. The van der Waals surface area contributed by atoms with Crippen LogP contribution in [0.25, 0.3) is 16.8 Å². The van der Waals surface area contributed by atoms with Gasteiger partial charge in [-0.2, -0.15) is 5.10 Å². The van der Waals surface area contributed by atoms with Crippen molar-refractivity contribution in [2.75, 3.05) is 14.2 Å². The number of hydrogen-bond acceptors (Lipinski definition) is 5. The molecule has 140 valence electrons. The SMILES string of the molecule is COc1ccc(-c2c(C)nn3cc4c(nc23)CC(C)(C)CC4=O)cc1OC. The van der Waals surface area contributed by atoms with E-state index in [1.54, 1.807) is 18.7 Å².